The van der Waals surface area contributed by atoms with E-state index in [4.69, 9.17) is 4.43 Å². The molecule has 23 heavy (non-hydrogen) atoms. The van der Waals surface area contributed by atoms with Crippen LogP contribution in [0.15, 0.2) is 23.3 Å². The Hall–Kier alpha value is -1.11. The summed E-state index contributed by atoms with van der Waals surface area (Å²) in [7, 11) is -1.71. The standard InChI is InChI=1S/C20H32O2Si/c1-16(14-15-22-23(7,8)19(2,3)4)12-13-17-10-9-11-18(21)20(17,5)6/h10,14H,9,11,15H2,1-8H3/b16-14-. The molecule has 0 radical (unpaired) electrons. The summed E-state index contributed by atoms with van der Waals surface area (Å²) in [6.45, 7) is 17.8. The summed E-state index contributed by atoms with van der Waals surface area (Å²) in [6.07, 6.45) is 5.59. The number of hydrogen-bond acceptors (Lipinski definition) is 2. The summed E-state index contributed by atoms with van der Waals surface area (Å²) >= 11 is 0. The van der Waals surface area contributed by atoms with Crippen LogP contribution in [-0.4, -0.2) is 20.7 Å². The minimum Gasteiger partial charge on any atom is -0.413 e. The highest BCUT2D eigenvalue weighted by Crippen LogP contribution is 2.36. The Balaban J connectivity index is 2.73. The van der Waals surface area contributed by atoms with Gasteiger partial charge in [0, 0.05) is 12.0 Å². The summed E-state index contributed by atoms with van der Waals surface area (Å²) in [6, 6.07) is 0. The Morgan fingerprint density at radius 2 is 2.00 bits per heavy atom. The Morgan fingerprint density at radius 3 is 2.57 bits per heavy atom. The van der Waals surface area contributed by atoms with Crippen molar-refractivity contribution in [3.05, 3.63) is 23.3 Å². The lowest BCUT2D eigenvalue weighted by molar-refractivity contribution is -0.125. The molecular weight excluding hydrogens is 300 g/mol. The number of Topliss-reactive ketones (excluding diaryl/α,β-unsaturated/α-hetero) is 1. The highest BCUT2D eigenvalue weighted by molar-refractivity contribution is 6.74. The molecule has 0 aromatic rings. The van der Waals surface area contributed by atoms with Gasteiger partial charge in [-0.2, -0.15) is 0 Å². The maximum absolute atomic E-state index is 12.0. The molecule has 0 aromatic heterocycles. The molecule has 0 heterocycles. The number of carbonyl (C=O) groups excluding carboxylic acids is 1. The van der Waals surface area contributed by atoms with Gasteiger partial charge in [0.05, 0.1) is 12.0 Å². The second-order valence-corrected chi connectivity index (χ2v) is 13.2. The van der Waals surface area contributed by atoms with Crippen LogP contribution in [0.25, 0.3) is 0 Å². The summed E-state index contributed by atoms with van der Waals surface area (Å²) < 4.78 is 6.14. The molecule has 0 aliphatic heterocycles. The van der Waals surface area contributed by atoms with Crippen LogP contribution < -0.4 is 0 Å². The SMILES string of the molecule is C/C(C#CC1=CCCC(=O)C1(C)C)=C/CO[Si](C)(C)C(C)(C)C. The quantitative estimate of drug-likeness (QED) is 0.519. The van der Waals surface area contributed by atoms with Crippen LogP contribution in [0.1, 0.15) is 54.4 Å². The van der Waals surface area contributed by atoms with Gasteiger partial charge in [-0.3, -0.25) is 4.79 Å². The molecular formula is C20H32O2Si. The van der Waals surface area contributed by atoms with E-state index < -0.39 is 13.7 Å². The molecule has 0 aromatic carbocycles. The van der Waals surface area contributed by atoms with Crippen LogP contribution in [0, 0.1) is 17.3 Å². The van der Waals surface area contributed by atoms with Gasteiger partial charge in [0.25, 0.3) is 0 Å². The fourth-order valence-electron chi connectivity index (χ4n) is 2.08. The Labute approximate surface area is 143 Å². The molecule has 0 fully saturated rings. The van der Waals surface area contributed by atoms with E-state index in [1.165, 1.54) is 0 Å². The van der Waals surface area contributed by atoms with Crippen LogP contribution in [0.3, 0.4) is 0 Å². The van der Waals surface area contributed by atoms with Crippen LogP contribution in [0.2, 0.25) is 18.1 Å². The highest BCUT2D eigenvalue weighted by atomic mass is 28.4. The van der Waals surface area contributed by atoms with E-state index in [1.807, 2.05) is 26.8 Å². The summed E-state index contributed by atoms with van der Waals surface area (Å²) in [5.41, 5.74) is 1.51. The van der Waals surface area contributed by atoms with E-state index >= 15 is 0 Å². The molecule has 0 saturated carbocycles. The Kier molecular flexibility index (Phi) is 6.23. The Morgan fingerprint density at radius 1 is 1.39 bits per heavy atom. The van der Waals surface area contributed by atoms with E-state index in [0.717, 1.165) is 17.6 Å². The molecule has 0 amide bonds. The predicted molar refractivity (Wildman–Crippen MR) is 101 cm³/mol. The van der Waals surface area contributed by atoms with Crippen LogP contribution in [-0.2, 0) is 9.22 Å². The van der Waals surface area contributed by atoms with Gasteiger partial charge in [-0.15, -0.1) is 0 Å². The fraction of sp³-hybridized carbons (Fsp3) is 0.650. The summed E-state index contributed by atoms with van der Waals surface area (Å²) in [4.78, 5) is 12.0. The van der Waals surface area contributed by atoms with Gasteiger partial charge in [0.15, 0.2) is 8.32 Å². The van der Waals surface area contributed by atoms with E-state index in [2.05, 4.69) is 51.8 Å². The van der Waals surface area contributed by atoms with E-state index in [1.54, 1.807) is 0 Å². The maximum atomic E-state index is 12.0. The lowest BCUT2D eigenvalue weighted by Crippen LogP contribution is -2.40. The minimum atomic E-state index is -1.71. The third-order valence-electron chi connectivity index (χ3n) is 5.12. The van der Waals surface area contributed by atoms with E-state index in [9.17, 15) is 4.79 Å². The van der Waals surface area contributed by atoms with Crippen LogP contribution in [0.5, 0.6) is 0 Å². The van der Waals surface area contributed by atoms with Crippen molar-refractivity contribution in [2.24, 2.45) is 5.41 Å². The molecule has 0 N–H and O–H groups in total. The van der Waals surface area contributed by atoms with Gasteiger partial charge in [0.2, 0.25) is 0 Å². The lowest BCUT2D eigenvalue weighted by atomic mass is 9.75. The topological polar surface area (TPSA) is 26.3 Å². The highest BCUT2D eigenvalue weighted by Gasteiger charge is 2.36. The molecule has 0 atom stereocenters. The number of hydrogen-bond donors (Lipinski definition) is 0. The average molecular weight is 333 g/mol. The van der Waals surface area contributed by atoms with Gasteiger partial charge < -0.3 is 4.43 Å². The zero-order valence-electron chi connectivity index (χ0n) is 16.1. The van der Waals surface area contributed by atoms with Gasteiger partial charge in [-0.05, 0) is 57.0 Å². The van der Waals surface area contributed by atoms with Crippen molar-refractivity contribution < 1.29 is 9.22 Å². The van der Waals surface area contributed by atoms with Crippen molar-refractivity contribution in [2.75, 3.05) is 6.61 Å². The predicted octanol–water partition coefficient (Wildman–Crippen LogP) is 5.27. The molecule has 1 aliphatic carbocycles. The lowest BCUT2D eigenvalue weighted by Gasteiger charge is -2.35. The van der Waals surface area contributed by atoms with Crippen molar-refractivity contribution in [1.29, 1.82) is 0 Å². The normalized spacial score (nSPS) is 19.0. The zero-order valence-corrected chi connectivity index (χ0v) is 17.1. The van der Waals surface area contributed by atoms with E-state index in [-0.39, 0.29) is 10.8 Å². The second kappa shape index (κ2) is 7.19. The third-order valence-corrected chi connectivity index (χ3v) is 9.63. The second-order valence-electron chi connectivity index (χ2n) is 8.41. The van der Waals surface area contributed by atoms with Gasteiger partial charge >= 0.3 is 0 Å². The number of allylic oxidation sites excluding steroid dienone is 3. The van der Waals surface area contributed by atoms with Crippen LogP contribution >= 0.6 is 0 Å². The van der Waals surface area contributed by atoms with Crippen molar-refractivity contribution in [3.8, 4) is 11.8 Å². The van der Waals surface area contributed by atoms with Crippen LogP contribution in [0.4, 0.5) is 0 Å². The first-order valence-electron chi connectivity index (χ1n) is 8.44. The maximum Gasteiger partial charge on any atom is 0.192 e. The smallest absolute Gasteiger partial charge is 0.192 e. The average Bonchev–Trinajstić information content (AvgIpc) is 2.39. The molecule has 0 spiro atoms. The number of rotatable bonds is 3. The number of ketones is 1. The molecule has 0 unspecified atom stereocenters. The zero-order chi connectivity index (χ0) is 17.9. The fourth-order valence-corrected chi connectivity index (χ4v) is 3.01. The monoisotopic (exact) mass is 332 g/mol. The van der Waals surface area contributed by atoms with Crippen molar-refractivity contribution >= 4 is 14.1 Å². The van der Waals surface area contributed by atoms with Crippen molar-refractivity contribution in [1.82, 2.24) is 0 Å². The molecule has 0 bridgehead atoms. The van der Waals surface area contributed by atoms with Crippen molar-refractivity contribution in [3.63, 3.8) is 0 Å². The molecule has 3 heteroatoms. The molecule has 0 saturated heterocycles. The van der Waals surface area contributed by atoms with Gasteiger partial charge in [-0.1, -0.05) is 38.7 Å². The minimum absolute atomic E-state index is 0.220. The molecule has 1 rings (SSSR count). The van der Waals surface area contributed by atoms with Gasteiger partial charge in [0.1, 0.15) is 5.78 Å². The van der Waals surface area contributed by atoms with Gasteiger partial charge in [-0.25, -0.2) is 0 Å². The first kappa shape index (κ1) is 19.9. The van der Waals surface area contributed by atoms with E-state index in [0.29, 0.717) is 13.0 Å². The summed E-state index contributed by atoms with van der Waals surface area (Å²) in [5, 5.41) is 0.220. The summed E-state index contributed by atoms with van der Waals surface area (Å²) in [5.74, 6) is 6.66. The molecule has 2 nitrogen and oxygen atoms in total. The third kappa shape index (κ3) is 5.19. The molecule has 128 valence electrons. The number of carbonyl (C=O) groups is 1. The first-order valence-corrected chi connectivity index (χ1v) is 11.4. The first-order chi connectivity index (χ1) is 10.4. The molecule has 1 aliphatic rings. The largest absolute Gasteiger partial charge is 0.413 e. The van der Waals surface area contributed by atoms with Crippen molar-refractivity contribution in [2.45, 2.75) is 72.5 Å². The Bertz CT molecular complexity index is 575.